The first-order valence-corrected chi connectivity index (χ1v) is 7.21. The topological polar surface area (TPSA) is 64.3 Å². The van der Waals surface area contributed by atoms with Gasteiger partial charge >= 0.3 is 0 Å². The quantitative estimate of drug-likeness (QED) is 0.931. The summed E-state index contributed by atoms with van der Waals surface area (Å²) >= 11 is 0. The summed E-state index contributed by atoms with van der Waals surface area (Å²) in [6, 6.07) is 8.39. The van der Waals surface area contributed by atoms with Crippen molar-refractivity contribution in [2.75, 3.05) is 13.1 Å². The molecule has 21 heavy (non-hydrogen) atoms. The van der Waals surface area contributed by atoms with Crippen molar-refractivity contribution in [1.29, 1.82) is 0 Å². The lowest BCUT2D eigenvalue weighted by molar-refractivity contribution is 0.319. The fourth-order valence-corrected chi connectivity index (χ4v) is 2.60. The van der Waals surface area contributed by atoms with Gasteiger partial charge < -0.3 is 10.5 Å². The first kappa shape index (κ1) is 14.0. The van der Waals surface area contributed by atoms with Crippen LogP contribution in [0, 0.1) is 5.92 Å². The molecule has 1 aromatic heterocycles. The van der Waals surface area contributed by atoms with Crippen LogP contribution in [-0.4, -0.2) is 34.0 Å². The van der Waals surface area contributed by atoms with Gasteiger partial charge in [0.25, 0.3) is 0 Å². The number of likely N-dealkylation sites (tertiary alicyclic amines) is 1. The van der Waals surface area contributed by atoms with Crippen molar-refractivity contribution in [3.05, 3.63) is 48.4 Å². The Morgan fingerprint density at radius 2 is 2.05 bits per heavy atom. The Balaban J connectivity index is 1.59. The summed E-state index contributed by atoms with van der Waals surface area (Å²) in [4.78, 5) is 10.5. The number of hydrogen-bond acceptors (Lipinski definition) is 5. The molecule has 110 valence electrons. The van der Waals surface area contributed by atoms with E-state index in [-0.39, 0.29) is 0 Å². The second-order valence-electron chi connectivity index (χ2n) is 5.62. The fraction of sp³-hybridized carbons (Fsp3) is 0.375. The summed E-state index contributed by atoms with van der Waals surface area (Å²) in [5.74, 6) is 1.85. The first-order chi connectivity index (χ1) is 10.2. The second-order valence-corrected chi connectivity index (χ2v) is 5.62. The van der Waals surface area contributed by atoms with Gasteiger partial charge in [-0.1, -0.05) is 19.1 Å². The van der Waals surface area contributed by atoms with Gasteiger partial charge in [0.1, 0.15) is 5.75 Å². The second kappa shape index (κ2) is 6.20. The van der Waals surface area contributed by atoms with Crippen molar-refractivity contribution in [3.63, 3.8) is 0 Å². The molecule has 0 saturated carbocycles. The van der Waals surface area contributed by atoms with E-state index < -0.39 is 0 Å². The zero-order valence-electron chi connectivity index (χ0n) is 12.1. The molecule has 2 heterocycles. The van der Waals surface area contributed by atoms with Crippen LogP contribution in [0.3, 0.4) is 0 Å². The smallest absolute Gasteiger partial charge is 0.237 e. The lowest BCUT2D eigenvalue weighted by Crippen LogP contribution is -2.28. The van der Waals surface area contributed by atoms with Crippen molar-refractivity contribution in [1.82, 2.24) is 14.9 Å². The van der Waals surface area contributed by atoms with E-state index in [1.165, 1.54) is 5.56 Å². The summed E-state index contributed by atoms with van der Waals surface area (Å²) in [7, 11) is 0. The van der Waals surface area contributed by atoms with E-state index in [2.05, 4.69) is 33.9 Å². The average molecular weight is 284 g/mol. The average Bonchev–Trinajstić information content (AvgIpc) is 2.80. The number of hydrogen-bond donors (Lipinski definition) is 1. The molecule has 5 nitrogen and oxygen atoms in total. The van der Waals surface area contributed by atoms with Crippen molar-refractivity contribution in [2.24, 2.45) is 11.7 Å². The zero-order chi connectivity index (χ0) is 14.7. The summed E-state index contributed by atoms with van der Waals surface area (Å²) in [6.45, 7) is 5.18. The monoisotopic (exact) mass is 284 g/mol. The van der Waals surface area contributed by atoms with Crippen LogP contribution in [0.15, 0.2) is 42.9 Å². The van der Waals surface area contributed by atoms with Crippen LogP contribution in [0.2, 0.25) is 0 Å². The van der Waals surface area contributed by atoms with Crippen molar-refractivity contribution in [2.45, 2.75) is 19.5 Å². The molecule has 1 aromatic carbocycles. The van der Waals surface area contributed by atoms with Crippen LogP contribution in [0.4, 0.5) is 0 Å². The molecule has 1 saturated heterocycles. The fourth-order valence-electron chi connectivity index (χ4n) is 2.60. The molecule has 1 aliphatic rings. The van der Waals surface area contributed by atoms with Crippen LogP contribution in [0.1, 0.15) is 12.5 Å². The number of nitrogens with zero attached hydrogens (tertiary/aromatic N) is 3. The number of nitrogens with two attached hydrogens (primary N) is 1. The third kappa shape index (κ3) is 3.56. The van der Waals surface area contributed by atoms with E-state index in [1.807, 2.05) is 12.1 Å². The maximum atomic E-state index is 6.06. The van der Waals surface area contributed by atoms with Crippen molar-refractivity contribution < 1.29 is 4.74 Å². The van der Waals surface area contributed by atoms with Crippen LogP contribution < -0.4 is 10.5 Å². The van der Waals surface area contributed by atoms with Crippen LogP contribution in [-0.2, 0) is 6.54 Å². The molecule has 1 aliphatic heterocycles. The minimum Gasteiger partial charge on any atom is -0.438 e. The van der Waals surface area contributed by atoms with Gasteiger partial charge in [-0.2, -0.15) is 0 Å². The van der Waals surface area contributed by atoms with E-state index in [0.29, 0.717) is 17.8 Å². The highest BCUT2D eigenvalue weighted by molar-refractivity contribution is 5.29. The van der Waals surface area contributed by atoms with Gasteiger partial charge in [-0.25, -0.2) is 4.98 Å². The van der Waals surface area contributed by atoms with Crippen LogP contribution in [0.5, 0.6) is 11.6 Å². The summed E-state index contributed by atoms with van der Waals surface area (Å²) in [6.07, 6.45) is 4.83. The Labute approximate surface area is 124 Å². The van der Waals surface area contributed by atoms with Crippen LogP contribution >= 0.6 is 0 Å². The van der Waals surface area contributed by atoms with Gasteiger partial charge in [-0.05, 0) is 23.6 Å². The lowest BCUT2D eigenvalue weighted by Gasteiger charge is -2.15. The van der Waals surface area contributed by atoms with Gasteiger partial charge in [-0.15, -0.1) is 0 Å². The molecule has 3 rings (SSSR count). The van der Waals surface area contributed by atoms with Crippen molar-refractivity contribution in [3.8, 4) is 11.6 Å². The molecule has 1 fully saturated rings. The normalized spacial score (nSPS) is 22.4. The largest absolute Gasteiger partial charge is 0.438 e. The molecule has 5 heteroatoms. The summed E-state index contributed by atoms with van der Waals surface area (Å²) in [5, 5.41) is 0. The van der Waals surface area contributed by atoms with Gasteiger partial charge in [0, 0.05) is 38.1 Å². The molecule has 2 aromatic rings. The Bertz CT molecular complexity index is 563. The molecule has 0 aliphatic carbocycles. The Kier molecular flexibility index (Phi) is 4.13. The molecule has 0 radical (unpaired) electrons. The van der Waals surface area contributed by atoms with E-state index in [0.717, 1.165) is 25.4 Å². The van der Waals surface area contributed by atoms with Gasteiger partial charge in [0.15, 0.2) is 0 Å². The third-order valence-electron chi connectivity index (χ3n) is 3.84. The number of aromatic nitrogens is 2. The van der Waals surface area contributed by atoms with E-state index in [4.69, 9.17) is 10.5 Å². The standard InChI is InChI=1S/C16H20N4O/c1-12-9-20(11-15(12)17)10-13-2-4-14(5-3-13)21-16-8-18-6-7-19-16/h2-8,12,15H,9-11,17H2,1H3. The SMILES string of the molecule is CC1CN(Cc2ccc(Oc3cnccn3)cc2)CC1N. The van der Waals surface area contributed by atoms with Gasteiger partial charge in [0.2, 0.25) is 5.88 Å². The Morgan fingerprint density at radius 1 is 1.24 bits per heavy atom. The van der Waals surface area contributed by atoms with Crippen LogP contribution in [0.25, 0.3) is 0 Å². The first-order valence-electron chi connectivity index (χ1n) is 7.21. The van der Waals surface area contributed by atoms with E-state index >= 15 is 0 Å². The highest BCUT2D eigenvalue weighted by Gasteiger charge is 2.26. The molecular weight excluding hydrogens is 264 g/mol. The van der Waals surface area contributed by atoms with E-state index in [1.54, 1.807) is 18.6 Å². The predicted molar refractivity (Wildman–Crippen MR) is 81.0 cm³/mol. The molecule has 2 unspecified atom stereocenters. The van der Waals surface area contributed by atoms with Gasteiger partial charge in [0.05, 0.1) is 6.20 Å². The maximum Gasteiger partial charge on any atom is 0.237 e. The number of rotatable bonds is 4. The predicted octanol–water partition coefficient (Wildman–Crippen LogP) is 2.05. The van der Waals surface area contributed by atoms with Gasteiger partial charge in [-0.3, -0.25) is 9.88 Å². The molecule has 0 bridgehead atoms. The molecule has 0 amide bonds. The van der Waals surface area contributed by atoms with E-state index in [9.17, 15) is 0 Å². The molecule has 0 spiro atoms. The highest BCUT2D eigenvalue weighted by Crippen LogP contribution is 2.21. The number of benzene rings is 1. The molecule has 2 N–H and O–H groups in total. The lowest BCUT2D eigenvalue weighted by atomic mass is 10.1. The summed E-state index contributed by atoms with van der Waals surface area (Å²) < 4.78 is 5.63. The zero-order valence-corrected chi connectivity index (χ0v) is 12.1. The highest BCUT2D eigenvalue weighted by atomic mass is 16.5. The molecular formula is C16H20N4O. The Morgan fingerprint density at radius 3 is 2.67 bits per heavy atom. The van der Waals surface area contributed by atoms with Crippen molar-refractivity contribution >= 4 is 0 Å². The molecule has 2 atom stereocenters. The minimum atomic E-state index is 0.296. The third-order valence-corrected chi connectivity index (χ3v) is 3.84. The Hall–Kier alpha value is -1.98. The number of ether oxygens (including phenoxy) is 1. The minimum absolute atomic E-state index is 0.296. The maximum absolute atomic E-state index is 6.06. The summed E-state index contributed by atoms with van der Waals surface area (Å²) in [5.41, 5.74) is 7.32.